The highest BCUT2D eigenvalue weighted by atomic mass is 19.4. The molecule has 2 saturated heterocycles. The van der Waals surface area contributed by atoms with Crippen molar-refractivity contribution in [1.29, 1.82) is 0 Å². The van der Waals surface area contributed by atoms with Gasteiger partial charge in [-0.1, -0.05) is 6.07 Å². The molecule has 1 amide bonds. The molecule has 7 N–H and O–H groups in total. The van der Waals surface area contributed by atoms with Gasteiger partial charge in [-0.05, 0) is 50.5 Å². The number of aromatic nitrogens is 7. The number of nitrogens with one attached hydrogen (secondary N) is 1. The summed E-state index contributed by atoms with van der Waals surface area (Å²) in [6, 6.07) is 1.51. The molecule has 7 rings (SSSR count). The van der Waals surface area contributed by atoms with Crippen molar-refractivity contribution in [3.63, 3.8) is 0 Å². The first-order valence-corrected chi connectivity index (χ1v) is 14.3. The number of fused-ring (bicyclic) bond motifs is 3. The zero-order valence-corrected chi connectivity index (χ0v) is 23.4. The van der Waals surface area contributed by atoms with Gasteiger partial charge < -0.3 is 22.1 Å². The summed E-state index contributed by atoms with van der Waals surface area (Å²) in [7, 11) is 0. The number of hydrogen-bond donors (Lipinski definition) is 4. The first-order chi connectivity index (χ1) is 21.2. The topological polar surface area (TPSA) is 183 Å². The fourth-order valence-corrected chi connectivity index (χ4v) is 6.81. The Kier molecular flexibility index (Phi) is 6.34. The number of piperidine rings is 1. The number of H-pyrrole nitrogens is 1. The van der Waals surface area contributed by atoms with E-state index in [-0.39, 0.29) is 52.8 Å². The third-order valence-corrected chi connectivity index (χ3v) is 9.17. The smallest absolute Gasteiger partial charge is 0.383 e. The largest absolute Gasteiger partial charge is 0.421 e. The standard InChI is InChI=1S/C27H27F6N11O/c28-26(29,30)25(36,27(31,32)33)17-6-3-12(9-37-17)16-10-38-44-20(34)18(11-1-2-11)19(39-22(16)44)13-7-14-4-5-15(8-13)43(14)23(45)21-40-24(35)42-41-21/h3,6,9-11,13-15H,1-2,4-5,7-8,34,36H2,(H3,35,40,41,42)/t13?,14-,15+. The van der Waals surface area contributed by atoms with Gasteiger partial charge in [0.15, 0.2) is 5.65 Å². The van der Waals surface area contributed by atoms with E-state index in [1.54, 1.807) is 0 Å². The second kappa shape index (κ2) is 9.76. The van der Waals surface area contributed by atoms with Crippen LogP contribution < -0.4 is 17.2 Å². The van der Waals surface area contributed by atoms with Crippen LogP contribution in [-0.4, -0.2) is 70.0 Å². The summed E-state index contributed by atoms with van der Waals surface area (Å²) in [6.45, 7) is 0. The molecule has 1 aliphatic carbocycles. The number of hydrogen-bond acceptors (Lipinski definition) is 9. The van der Waals surface area contributed by atoms with E-state index in [9.17, 15) is 31.1 Å². The van der Waals surface area contributed by atoms with Gasteiger partial charge in [0.2, 0.25) is 11.8 Å². The first kappa shape index (κ1) is 29.2. The second-order valence-corrected chi connectivity index (χ2v) is 11.9. The number of alkyl halides is 6. The van der Waals surface area contributed by atoms with E-state index < -0.39 is 23.6 Å². The van der Waals surface area contributed by atoms with Crippen LogP contribution in [0, 0.1) is 0 Å². The Balaban J connectivity index is 1.25. The molecule has 3 aliphatic rings. The number of pyridine rings is 1. The number of halogens is 6. The van der Waals surface area contributed by atoms with Crippen molar-refractivity contribution in [2.75, 3.05) is 11.5 Å². The van der Waals surface area contributed by atoms with Crippen molar-refractivity contribution >= 4 is 23.3 Å². The van der Waals surface area contributed by atoms with E-state index in [1.165, 1.54) is 10.7 Å². The van der Waals surface area contributed by atoms with Crippen LogP contribution in [0.5, 0.6) is 0 Å². The van der Waals surface area contributed by atoms with Gasteiger partial charge in [-0.25, -0.2) is 4.98 Å². The van der Waals surface area contributed by atoms with Gasteiger partial charge in [-0.3, -0.25) is 14.9 Å². The van der Waals surface area contributed by atoms with Crippen LogP contribution in [0.2, 0.25) is 0 Å². The number of carbonyl (C=O) groups is 1. The van der Waals surface area contributed by atoms with Crippen molar-refractivity contribution in [2.45, 2.75) is 80.3 Å². The molecule has 6 heterocycles. The molecule has 4 aromatic heterocycles. The zero-order valence-electron chi connectivity index (χ0n) is 23.4. The molecule has 4 aromatic rings. The Morgan fingerprint density at radius 2 is 1.58 bits per heavy atom. The number of anilines is 2. The molecular weight excluding hydrogens is 608 g/mol. The Bertz CT molecular complexity index is 1770. The molecule has 2 aliphatic heterocycles. The summed E-state index contributed by atoms with van der Waals surface area (Å²) in [6.07, 6.45) is -4.75. The number of aromatic amines is 1. The zero-order chi connectivity index (χ0) is 32.1. The highest BCUT2D eigenvalue weighted by Crippen LogP contribution is 2.51. The third-order valence-electron chi connectivity index (χ3n) is 9.17. The highest BCUT2D eigenvalue weighted by molar-refractivity contribution is 5.91. The van der Waals surface area contributed by atoms with E-state index in [4.69, 9.17) is 22.2 Å². The maximum Gasteiger partial charge on any atom is 0.421 e. The number of carbonyl (C=O) groups excluding carboxylic acids is 1. The first-order valence-electron chi connectivity index (χ1n) is 14.3. The summed E-state index contributed by atoms with van der Waals surface area (Å²) in [4.78, 5) is 27.5. The van der Waals surface area contributed by atoms with Crippen molar-refractivity contribution in [3.8, 4) is 11.1 Å². The molecule has 3 atom stereocenters. The summed E-state index contributed by atoms with van der Waals surface area (Å²) in [5, 5.41) is 10.7. The van der Waals surface area contributed by atoms with E-state index in [2.05, 4.69) is 25.3 Å². The summed E-state index contributed by atoms with van der Waals surface area (Å²) < 4.78 is 82.4. The van der Waals surface area contributed by atoms with Crippen molar-refractivity contribution in [1.82, 2.24) is 39.7 Å². The molecule has 0 spiro atoms. The van der Waals surface area contributed by atoms with Crippen molar-refractivity contribution in [3.05, 3.63) is 47.3 Å². The van der Waals surface area contributed by atoms with Crippen LogP contribution in [0.25, 0.3) is 16.8 Å². The maximum absolute atomic E-state index is 13.5. The molecule has 0 radical (unpaired) electrons. The molecule has 45 heavy (non-hydrogen) atoms. The van der Waals surface area contributed by atoms with E-state index in [1.807, 2.05) is 4.90 Å². The Morgan fingerprint density at radius 3 is 2.11 bits per heavy atom. The fourth-order valence-electron chi connectivity index (χ4n) is 6.81. The van der Waals surface area contributed by atoms with Gasteiger partial charge in [0.25, 0.3) is 11.4 Å². The lowest BCUT2D eigenvalue weighted by Gasteiger charge is -2.39. The highest BCUT2D eigenvalue weighted by Gasteiger charge is 2.70. The quantitative estimate of drug-likeness (QED) is 0.237. The van der Waals surface area contributed by atoms with E-state index in [0.29, 0.717) is 30.3 Å². The van der Waals surface area contributed by atoms with Gasteiger partial charge in [0.05, 0.1) is 17.6 Å². The molecule has 3 fully saturated rings. The Labute approximate surface area is 250 Å². The summed E-state index contributed by atoms with van der Waals surface area (Å²) in [5.74, 6) is 0.267. The predicted molar refractivity (Wildman–Crippen MR) is 146 cm³/mol. The predicted octanol–water partition coefficient (Wildman–Crippen LogP) is 3.78. The van der Waals surface area contributed by atoms with E-state index >= 15 is 0 Å². The summed E-state index contributed by atoms with van der Waals surface area (Å²) >= 11 is 0. The SMILES string of the molecule is Nc1n[nH]c(C(=O)N2[C@@H]3CC[C@H]2CC(c2nc4c(-c5ccc(C(N)(C(F)(F)F)C(F)(F)F)nc5)cnn4c(N)c2C2CC2)C3)n1. The van der Waals surface area contributed by atoms with Gasteiger partial charge in [-0.15, -0.1) is 5.10 Å². The molecule has 1 saturated carbocycles. The van der Waals surface area contributed by atoms with Gasteiger partial charge >= 0.3 is 12.4 Å². The second-order valence-electron chi connectivity index (χ2n) is 11.9. The number of nitrogen functional groups attached to an aromatic ring is 2. The minimum atomic E-state index is -5.84. The monoisotopic (exact) mass is 635 g/mol. The number of amides is 1. The molecular formula is C27H27F6N11O. The van der Waals surface area contributed by atoms with Gasteiger partial charge in [0, 0.05) is 40.9 Å². The Hall–Kier alpha value is -4.48. The average molecular weight is 636 g/mol. The van der Waals surface area contributed by atoms with Crippen LogP contribution >= 0.6 is 0 Å². The van der Waals surface area contributed by atoms with Crippen LogP contribution in [0.1, 0.15) is 77.9 Å². The molecule has 1 unspecified atom stereocenters. The Morgan fingerprint density at radius 1 is 0.911 bits per heavy atom. The van der Waals surface area contributed by atoms with Crippen LogP contribution in [0.3, 0.4) is 0 Å². The molecule has 18 heteroatoms. The molecule has 2 bridgehead atoms. The normalized spacial score (nSPS) is 22.4. The lowest BCUT2D eigenvalue weighted by atomic mass is 9.85. The molecule has 12 nitrogen and oxygen atoms in total. The minimum Gasteiger partial charge on any atom is -0.383 e. The maximum atomic E-state index is 13.5. The lowest BCUT2D eigenvalue weighted by molar-refractivity contribution is -0.303. The van der Waals surface area contributed by atoms with Gasteiger partial charge in [0.1, 0.15) is 5.82 Å². The third kappa shape index (κ3) is 4.47. The molecule has 0 aromatic carbocycles. The van der Waals surface area contributed by atoms with Crippen molar-refractivity contribution in [2.24, 2.45) is 5.73 Å². The molecule has 238 valence electrons. The van der Waals surface area contributed by atoms with Crippen LogP contribution in [0.15, 0.2) is 24.5 Å². The number of rotatable bonds is 5. The fraction of sp³-hybridized carbons (Fsp3) is 0.481. The van der Waals surface area contributed by atoms with Gasteiger partial charge in [-0.2, -0.15) is 40.9 Å². The average Bonchev–Trinajstić information content (AvgIpc) is 3.47. The minimum absolute atomic E-state index is 0.0212. The van der Waals surface area contributed by atoms with Crippen LogP contribution in [-0.2, 0) is 5.54 Å². The van der Waals surface area contributed by atoms with Crippen molar-refractivity contribution < 1.29 is 31.1 Å². The lowest BCUT2D eigenvalue weighted by Crippen LogP contribution is -2.61. The number of nitrogens with zero attached hydrogens (tertiary/aromatic N) is 7. The number of nitrogens with two attached hydrogens (primary N) is 3. The summed E-state index contributed by atoms with van der Waals surface area (Å²) in [5.41, 5.74) is 13.5. The van der Waals surface area contributed by atoms with Crippen LogP contribution in [0.4, 0.5) is 38.1 Å². The van der Waals surface area contributed by atoms with E-state index in [0.717, 1.165) is 49.2 Å².